The van der Waals surface area contributed by atoms with Crippen LogP contribution in [0.15, 0.2) is 0 Å². The molecule has 1 aliphatic rings. The minimum absolute atomic E-state index is 0.0502. The van der Waals surface area contributed by atoms with Crippen LogP contribution in [-0.4, -0.2) is 31.8 Å². The molecule has 88 valence electrons. The molecule has 0 aromatic carbocycles. The molecule has 4 heteroatoms. The largest absolute Gasteiger partial charge is 0.383 e. The van der Waals surface area contributed by atoms with Gasteiger partial charge in [0.25, 0.3) is 0 Å². The summed E-state index contributed by atoms with van der Waals surface area (Å²) in [5.74, 6) is 0. The fraction of sp³-hybridized carbons (Fsp3) is 0.909. The average Bonchev–Trinajstić information content (AvgIpc) is 2.69. The van der Waals surface area contributed by atoms with Gasteiger partial charge < -0.3 is 15.4 Å². The lowest BCUT2D eigenvalue weighted by Crippen LogP contribution is -2.46. The Labute approximate surface area is 91.8 Å². The van der Waals surface area contributed by atoms with Crippen LogP contribution in [0.4, 0.5) is 4.79 Å². The van der Waals surface area contributed by atoms with Crippen LogP contribution in [0.25, 0.3) is 0 Å². The van der Waals surface area contributed by atoms with Crippen molar-refractivity contribution in [3.63, 3.8) is 0 Å². The summed E-state index contributed by atoms with van der Waals surface area (Å²) in [6.07, 6.45) is 5.61. The molecular weight excluding hydrogens is 192 g/mol. The number of rotatable bonds is 5. The van der Waals surface area contributed by atoms with Crippen molar-refractivity contribution < 1.29 is 9.53 Å². The van der Waals surface area contributed by atoms with Crippen LogP contribution in [-0.2, 0) is 4.74 Å². The number of nitrogens with one attached hydrogen (secondary N) is 2. The van der Waals surface area contributed by atoms with Crippen LogP contribution in [0.5, 0.6) is 0 Å². The van der Waals surface area contributed by atoms with Gasteiger partial charge in [-0.2, -0.15) is 0 Å². The quantitative estimate of drug-likeness (QED) is 0.731. The summed E-state index contributed by atoms with van der Waals surface area (Å²) in [6, 6.07) is 0.451. The van der Waals surface area contributed by atoms with Crippen LogP contribution >= 0.6 is 0 Å². The highest BCUT2D eigenvalue weighted by molar-refractivity contribution is 5.74. The lowest BCUT2D eigenvalue weighted by Gasteiger charge is -2.18. The summed E-state index contributed by atoms with van der Waals surface area (Å²) < 4.78 is 5.02. The van der Waals surface area contributed by atoms with Crippen molar-refractivity contribution in [2.24, 2.45) is 0 Å². The maximum absolute atomic E-state index is 11.6. The van der Waals surface area contributed by atoms with E-state index in [0.29, 0.717) is 12.6 Å². The standard InChI is InChI=1S/C11H22N2O2/c1-3-9(8-15-2)12-11(14)13-10-6-4-5-7-10/h9-10H,3-8H2,1-2H3,(H2,12,13,14). The molecule has 0 aromatic rings. The first-order chi connectivity index (χ1) is 7.26. The third-order valence-electron chi connectivity index (χ3n) is 2.89. The Morgan fingerprint density at radius 1 is 1.47 bits per heavy atom. The fourth-order valence-electron chi connectivity index (χ4n) is 1.95. The molecule has 0 saturated heterocycles. The summed E-state index contributed by atoms with van der Waals surface area (Å²) >= 11 is 0. The van der Waals surface area contributed by atoms with E-state index >= 15 is 0 Å². The Balaban J connectivity index is 2.20. The normalized spacial score (nSPS) is 18.8. The molecule has 2 amide bonds. The van der Waals surface area contributed by atoms with Crippen LogP contribution < -0.4 is 10.6 Å². The van der Waals surface area contributed by atoms with Crippen molar-refractivity contribution in [3.05, 3.63) is 0 Å². The molecule has 0 heterocycles. The number of ether oxygens (including phenoxy) is 1. The van der Waals surface area contributed by atoms with Crippen molar-refractivity contribution in [2.45, 2.75) is 51.1 Å². The highest BCUT2D eigenvalue weighted by atomic mass is 16.5. The van der Waals surface area contributed by atoms with Gasteiger partial charge in [0.15, 0.2) is 0 Å². The van der Waals surface area contributed by atoms with E-state index in [2.05, 4.69) is 10.6 Å². The average molecular weight is 214 g/mol. The first-order valence-electron chi connectivity index (χ1n) is 5.82. The van der Waals surface area contributed by atoms with Gasteiger partial charge in [0.2, 0.25) is 0 Å². The summed E-state index contributed by atoms with van der Waals surface area (Å²) in [5, 5.41) is 5.92. The Morgan fingerprint density at radius 3 is 2.67 bits per heavy atom. The van der Waals surface area contributed by atoms with Gasteiger partial charge in [-0.25, -0.2) is 4.79 Å². The van der Waals surface area contributed by atoms with E-state index in [1.165, 1.54) is 12.8 Å². The smallest absolute Gasteiger partial charge is 0.315 e. The van der Waals surface area contributed by atoms with Crippen LogP contribution in [0.3, 0.4) is 0 Å². The van der Waals surface area contributed by atoms with E-state index in [-0.39, 0.29) is 12.1 Å². The van der Waals surface area contributed by atoms with Gasteiger partial charge in [-0.05, 0) is 19.3 Å². The first-order valence-corrected chi connectivity index (χ1v) is 5.82. The Hall–Kier alpha value is -0.770. The SMILES string of the molecule is CCC(COC)NC(=O)NC1CCCC1. The molecule has 1 rings (SSSR count). The third kappa shape index (κ3) is 4.51. The lowest BCUT2D eigenvalue weighted by atomic mass is 10.2. The highest BCUT2D eigenvalue weighted by Gasteiger charge is 2.18. The summed E-state index contributed by atoms with van der Waals surface area (Å²) in [5.41, 5.74) is 0. The van der Waals surface area contributed by atoms with Gasteiger partial charge in [-0.15, -0.1) is 0 Å². The molecule has 0 radical (unpaired) electrons. The molecule has 0 spiro atoms. The predicted octanol–water partition coefficient (Wildman–Crippen LogP) is 1.65. The van der Waals surface area contributed by atoms with E-state index in [9.17, 15) is 4.79 Å². The number of urea groups is 1. The van der Waals surface area contributed by atoms with E-state index in [0.717, 1.165) is 19.3 Å². The minimum atomic E-state index is -0.0502. The van der Waals surface area contributed by atoms with E-state index in [4.69, 9.17) is 4.74 Å². The van der Waals surface area contributed by atoms with Crippen molar-refractivity contribution >= 4 is 6.03 Å². The second kappa shape index (κ2) is 6.67. The highest BCUT2D eigenvalue weighted by Crippen LogP contribution is 2.17. The van der Waals surface area contributed by atoms with Gasteiger partial charge in [-0.1, -0.05) is 19.8 Å². The molecule has 0 bridgehead atoms. The lowest BCUT2D eigenvalue weighted by molar-refractivity contribution is 0.163. The molecule has 1 unspecified atom stereocenters. The Morgan fingerprint density at radius 2 is 2.13 bits per heavy atom. The van der Waals surface area contributed by atoms with Crippen molar-refractivity contribution in [1.82, 2.24) is 10.6 Å². The Bertz CT molecular complexity index is 191. The second-order valence-corrected chi connectivity index (χ2v) is 4.16. The molecule has 0 aromatic heterocycles. The maximum Gasteiger partial charge on any atom is 0.315 e. The minimum Gasteiger partial charge on any atom is -0.383 e. The monoisotopic (exact) mass is 214 g/mol. The van der Waals surface area contributed by atoms with E-state index in [1.54, 1.807) is 7.11 Å². The van der Waals surface area contributed by atoms with Crippen molar-refractivity contribution in [3.8, 4) is 0 Å². The molecule has 0 aliphatic heterocycles. The molecule has 2 N–H and O–H groups in total. The van der Waals surface area contributed by atoms with E-state index < -0.39 is 0 Å². The topological polar surface area (TPSA) is 50.4 Å². The number of carbonyl (C=O) groups excluding carboxylic acids is 1. The number of methoxy groups -OCH3 is 1. The third-order valence-corrected chi connectivity index (χ3v) is 2.89. The zero-order valence-electron chi connectivity index (χ0n) is 9.71. The zero-order chi connectivity index (χ0) is 11.1. The van der Waals surface area contributed by atoms with Crippen LogP contribution in [0.1, 0.15) is 39.0 Å². The number of carbonyl (C=O) groups is 1. The predicted molar refractivity (Wildman–Crippen MR) is 59.9 cm³/mol. The Kier molecular flexibility index (Phi) is 5.47. The number of hydrogen-bond acceptors (Lipinski definition) is 2. The van der Waals surface area contributed by atoms with Crippen molar-refractivity contribution in [2.75, 3.05) is 13.7 Å². The molecule has 15 heavy (non-hydrogen) atoms. The van der Waals surface area contributed by atoms with Gasteiger partial charge in [0.05, 0.1) is 12.6 Å². The van der Waals surface area contributed by atoms with Crippen molar-refractivity contribution in [1.29, 1.82) is 0 Å². The molecule has 1 aliphatic carbocycles. The van der Waals surface area contributed by atoms with E-state index in [1.807, 2.05) is 6.92 Å². The molecular formula is C11H22N2O2. The van der Waals surface area contributed by atoms with Gasteiger partial charge in [0.1, 0.15) is 0 Å². The molecule has 4 nitrogen and oxygen atoms in total. The number of hydrogen-bond donors (Lipinski definition) is 2. The van der Waals surface area contributed by atoms with Crippen LogP contribution in [0.2, 0.25) is 0 Å². The zero-order valence-corrected chi connectivity index (χ0v) is 9.71. The molecule has 1 fully saturated rings. The number of amides is 2. The summed E-state index contributed by atoms with van der Waals surface area (Å²) in [4.78, 5) is 11.6. The fourth-order valence-corrected chi connectivity index (χ4v) is 1.95. The summed E-state index contributed by atoms with van der Waals surface area (Å²) in [6.45, 7) is 2.62. The molecule has 1 atom stereocenters. The van der Waals surface area contributed by atoms with Crippen LogP contribution in [0, 0.1) is 0 Å². The molecule has 1 saturated carbocycles. The summed E-state index contributed by atoms with van der Waals surface area (Å²) in [7, 11) is 1.65. The van der Waals surface area contributed by atoms with Gasteiger partial charge >= 0.3 is 6.03 Å². The van der Waals surface area contributed by atoms with Gasteiger partial charge in [0, 0.05) is 13.2 Å². The maximum atomic E-state index is 11.6. The second-order valence-electron chi connectivity index (χ2n) is 4.16. The first kappa shape index (κ1) is 12.3. The van der Waals surface area contributed by atoms with Gasteiger partial charge in [-0.3, -0.25) is 0 Å².